The molecule has 0 saturated carbocycles. The number of para-hydroxylation sites is 1. The lowest BCUT2D eigenvalue weighted by Gasteiger charge is -2.47. The van der Waals surface area contributed by atoms with Crippen LogP contribution in [-0.2, 0) is 17.8 Å². The van der Waals surface area contributed by atoms with Gasteiger partial charge in [0, 0.05) is 48.4 Å². The van der Waals surface area contributed by atoms with Gasteiger partial charge in [-0.2, -0.15) is 0 Å². The average molecular weight is 399 g/mol. The molecule has 28 heavy (non-hydrogen) atoms. The van der Waals surface area contributed by atoms with Crippen LogP contribution in [0.25, 0.3) is 0 Å². The highest BCUT2D eigenvalue weighted by molar-refractivity contribution is 7.11. The van der Waals surface area contributed by atoms with Crippen LogP contribution in [0.2, 0.25) is 0 Å². The minimum atomic E-state index is 0.332. The molecule has 2 aliphatic rings. The smallest absolute Gasteiger partial charge is 0.222 e. The van der Waals surface area contributed by atoms with E-state index in [0.29, 0.717) is 24.3 Å². The van der Waals surface area contributed by atoms with E-state index in [0.717, 1.165) is 51.2 Å². The number of amides is 1. The molecule has 0 spiro atoms. The van der Waals surface area contributed by atoms with E-state index in [1.54, 1.807) is 7.11 Å². The molecule has 2 saturated heterocycles. The fourth-order valence-electron chi connectivity index (χ4n) is 4.80. The number of hydrogen-bond donors (Lipinski definition) is 0. The van der Waals surface area contributed by atoms with E-state index in [2.05, 4.69) is 34.9 Å². The third-order valence-electron chi connectivity index (χ3n) is 6.22. The van der Waals surface area contributed by atoms with Gasteiger partial charge in [-0.25, -0.2) is 0 Å². The van der Waals surface area contributed by atoms with Crippen LogP contribution in [0.15, 0.2) is 36.4 Å². The van der Waals surface area contributed by atoms with E-state index in [1.165, 1.54) is 15.3 Å². The van der Waals surface area contributed by atoms with Crippen molar-refractivity contribution in [3.8, 4) is 5.75 Å². The SMILES string of the molecule is COc1ccccc1CCN1C(=O)CC[C@@H]2CN(Cc3ccc(C)s3)CC[C@@H]21. The minimum Gasteiger partial charge on any atom is -0.496 e. The Labute approximate surface area is 172 Å². The molecule has 4 nitrogen and oxygen atoms in total. The highest BCUT2D eigenvalue weighted by Gasteiger charge is 2.39. The standard InChI is InChI=1S/C23H30N2O2S/c1-17-7-9-20(28-17)16-24-13-12-21-19(15-24)8-10-23(26)25(21)14-11-18-5-3-4-6-22(18)27-2/h3-7,9,19,21H,8,10-16H2,1-2H3/t19-,21+/m1/s1. The number of rotatable bonds is 6. The van der Waals surface area contributed by atoms with E-state index in [-0.39, 0.29) is 0 Å². The Morgan fingerprint density at radius 3 is 2.82 bits per heavy atom. The first-order valence-electron chi connectivity index (χ1n) is 10.3. The van der Waals surface area contributed by atoms with Crippen LogP contribution in [0.5, 0.6) is 5.75 Å². The summed E-state index contributed by atoms with van der Waals surface area (Å²) in [7, 11) is 1.71. The number of nitrogens with zero attached hydrogens (tertiary/aromatic N) is 2. The van der Waals surface area contributed by atoms with Crippen LogP contribution in [0.1, 0.15) is 34.6 Å². The summed E-state index contributed by atoms with van der Waals surface area (Å²) in [5.74, 6) is 1.85. The molecule has 0 unspecified atom stereocenters. The number of hydrogen-bond acceptors (Lipinski definition) is 4. The molecule has 150 valence electrons. The lowest BCUT2D eigenvalue weighted by molar-refractivity contribution is -0.141. The van der Waals surface area contributed by atoms with Gasteiger partial charge in [-0.3, -0.25) is 9.69 Å². The molecule has 0 N–H and O–H groups in total. The Hall–Kier alpha value is -1.85. The first-order valence-corrected chi connectivity index (χ1v) is 11.1. The van der Waals surface area contributed by atoms with Crippen molar-refractivity contribution in [3.63, 3.8) is 0 Å². The number of likely N-dealkylation sites (tertiary alicyclic amines) is 2. The second-order valence-corrected chi connectivity index (χ2v) is 9.42. The monoisotopic (exact) mass is 398 g/mol. The van der Waals surface area contributed by atoms with Gasteiger partial charge in [0.15, 0.2) is 0 Å². The number of methoxy groups -OCH3 is 1. The molecule has 2 aliphatic heterocycles. The second-order valence-electron chi connectivity index (χ2n) is 8.05. The molecule has 1 aromatic heterocycles. The van der Waals surface area contributed by atoms with E-state index in [4.69, 9.17) is 4.74 Å². The summed E-state index contributed by atoms with van der Waals surface area (Å²) in [5.41, 5.74) is 1.19. The highest BCUT2D eigenvalue weighted by atomic mass is 32.1. The van der Waals surface area contributed by atoms with Gasteiger partial charge >= 0.3 is 0 Å². The lowest BCUT2D eigenvalue weighted by atomic mass is 9.83. The molecule has 0 radical (unpaired) electrons. The highest BCUT2D eigenvalue weighted by Crippen LogP contribution is 2.33. The molecule has 2 fully saturated rings. The largest absolute Gasteiger partial charge is 0.496 e. The maximum Gasteiger partial charge on any atom is 0.222 e. The summed E-state index contributed by atoms with van der Waals surface area (Å²) in [4.78, 5) is 20.3. The summed E-state index contributed by atoms with van der Waals surface area (Å²) in [6.45, 7) is 6.21. The zero-order valence-corrected chi connectivity index (χ0v) is 17.7. The van der Waals surface area contributed by atoms with Crippen molar-refractivity contribution in [2.75, 3.05) is 26.7 Å². The maximum atomic E-state index is 12.7. The van der Waals surface area contributed by atoms with Crippen molar-refractivity contribution in [2.24, 2.45) is 5.92 Å². The number of fused-ring (bicyclic) bond motifs is 1. The molecule has 0 bridgehead atoms. The molecular weight excluding hydrogens is 368 g/mol. The molecule has 3 heterocycles. The first-order chi connectivity index (χ1) is 13.6. The van der Waals surface area contributed by atoms with E-state index in [1.807, 2.05) is 29.5 Å². The summed E-state index contributed by atoms with van der Waals surface area (Å²) in [6, 6.07) is 13.0. The van der Waals surface area contributed by atoms with Crippen LogP contribution >= 0.6 is 11.3 Å². The van der Waals surface area contributed by atoms with Gasteiger partial charge in [-0.1, -0.05) is 18.2 Å². The Bertz CT molecular complexity index is 818. The van der Waals surface area contributed by atoms with Crippen molar-refractivity contribution < 1.29 is 9.53 Å². The maximum absolute atomic E-state index is 12.7. The zero-order valence-electron chi connectivity index (χ0n) is 16.9. The molecule has 1 amide bonds. The van der Waals surface area contributed by atoms with Gasteiger partial charge in [0.1, 0.15) is 5.75 Å². The third-order valence-corrected chi connectivity index (χ3v) is 7.20. The van der Waals surface area contributed by atoms with Crippen molar-refractivity contribution in [1.29, 1.82) is 0 Å². The first kappa shape index (κ1) is 19.5. The molecule has 4 rings (SSSR count). The molecule has 5 heteroatoms. The Balaban J connectivity index is 1.38. The zero-order chi connectivity index (χ0) is 19.5. The van der Waals surface area contributed by atoms with Crippen molar-refractivity contribution in [3.05, 3.63) is 51.7 Å². The van der Waals surface area contributed by atoms with Crippen LogP contribution in [-0.4, -0.2) is 48.5 Å². The van der Waals surface area contributed by atoms with Gasteiger partial charge in [-0.15, -0.1) is 11.3 Å². The minimum absolute atomic E-state index is 0.332. The number of ether oxygens (including phenoxy) is 1. The van der Waals surface area contributed by atoms with E-state index < -0.39 is 0 Å². The molecule has 1 aromatic carbocycles. The summed E-state index contributed by atoms with van der Waals surface area (Å²) < 4.78 is 5.48. The van der Waals surface area contributed by atoms with Crippen molar-refractivity contribution >= 4 is 17.2 Å². The quantitative estimate of drug-likeness (QED) is 0.734. The van der Waals surface area contributed by atoms with Gasteiger partial charge in [-0.05, 0) is 55.9 Å². The Morgan fingerprint density at radius 2 is 2.04 bits per heavy atom. The molecule has 2 atom stereocenters. The van der Waals surface area contributed by atoms with Crippen LogP contribution in [0.3, 0.4) is 0 Å². The van der Waals surface area contributed by atoms with Gasteiger partial charge in [0.2, 0.25) is 5.91 Å². The normalized spacial score (nSPS) is 22.9. The molecular formula is C23H30N2O2S. The Morgan fingerprint density at radius 1 is 1.18 bits per heavy atom. The number of carbonyl (C=O) groups is 1. The number of piperidine rings is 2. The molecule has 0 aliphatic carbocycles. The van der Waals surface area contributed by atoms with Gasteiger partial charge < -0.3 is 9.64 Å². The number of carbonyl (C=O) groups excluding carboxylic acids is 1. The predicted octanol–water partition coefficient (Wildman–Crippen LogP) is 4.12. The third kappa shape index (κ3) is 4.26. The van der Waals surface area contributed by atoms with E-state index in [9.17, 15) is 4.79 Å². The lowest BCUT2D eigenvalue weighted by Crippen LogP contribution is -2.56. The van der Waals surface area contributed by atoms with E-state index >= 15 is 0 Å². The molecule has 2 aromatic rings. The predicted molar refractivity (Wildman–Crippen MR) is 114 cm³/mol. The summed E-state index contributed by atoms with van der Waals surface area (Å²) in [5, 5.41) is 0. The summed E-state index contributed by atoms with van der Waals surface area (Å²) >= 11 is 1.90. The number of thiophene rings is 1. The van der Waals surface area contributed by atoms with Crippen molar-refractivity contribution in [1.82, 2.24) is 9.80 Å². The number of aryl methyl sites for hydroxylation is 1. The van der Waals surface area contributed by atoms with Gasteiger partial charge in [0.25, 0.3) is 0 Å². The average Bonchev–Trinajstić information content (AvgIpc) is 3.12. The van der Waals surface area contributed by atoms with Crippen LogP contribution in [0.4, 0.5) is 0 Å². The Kier molecular flexibility index (Phi) is 6.02. The fourth-order valence-corrected chi connectivity index (χ4v) is 5.73. The second kappa shape index (κ2) is 8.66. The van der Waals surface area contributed by atoms with Crippen LogP contribution in [0, 0.1) is 12.8 Å². The van der Waals surface area contributed by atoms with Gasteiger partial charge in [0.05, 0.1) is 7.11 Å². The summed E-state index contributed by atoms with van der Waals surface area (Å²) in [6.07, 6.45) is 3.68. The fraction of sp³-hybridized carbons (Fsp3) is 0.522. The van der Waals surface area contributed by atoms with Crippen LogP contribution < -0.4 is 4.74 Å². The number of benzene rings is 1. The topological polar surface area (TPSA) is 32.8 Å². The van der Waals surface area contributed by atoms with Crippen molar-refractivity contribution in [2.45, 2.75) is 45.2 Å².